The Morgan fingerprint density at radius 1 is 1.24 bits per heavy atom. The predicted octanol–water partition coefficient (Wildman–Crippen LogP) is 4.92. The van der Waals surface area contributed by atoms with E-state index < -0.39 is 5.54 Å². The second-order valence-electron chi connectivity index (χ2n) is 7.60. The molecule has 1 saturated carbocycles. The van der Waals surface area contributed by atoms with Crippen LogP contribution in [-0.2, 0) is 5.54 Å². The van der Waals surface area contributed by atoms with Gasteiger partial charge < -0.3 is 5.73 Å². The maximum absolute atomic E-state index is 14.8. The van der Waals surface area contributed by atoms with Gasteiger partial charge in [-0.2, -0.15) is 0 Å². The summed E-state index contributed by atoms with van der Waals surface area (Å²) in [4.78, 5) is 10.7. The molecule has 3 nitrogen and oxygen atoms in total. The van der Waals surface area contributed by atoms with Crippen LogP contribution in [0.1, 0.15) is 50.1 Å². The third-order valence-electron chi connectivity index (χ3n) is 4.94. The van der Waals surface area contributed by atoms with Gasteiger partial charge in [0, 0.05) is 28.4 Å². The molecule has 0 radical (unpaired) electrons. The standard InChI is InChI=1S/C19H22FN3S2/c1-18(2)17(21)23-19(3,10-24-18)16-13(20)9-15(25-16)12-6-7-22-14(8-12)11-4-5-11/h6-9,11H,4-5,10H2,1-3H3,(H2,21,23)/t19-/m0/s1. The molecule has 0 unspecified atom stereocenters. The molecule has 6 heteroatoms. The first-order valence-electron chi connectivity index (χ1n) is 8.54. The van der Waals surface area contributed by atoms with Crippen LogP contribution in [0.3, 0.4) is 0 Å². The summed E-state index contributed by atoms with van der Waals surface area (Å²) in [6.07, 6.45) is 4.25. The number of aromatic nitrogens is 1. The molecule has 1 aliphatic heterocycles. The van der Waals surface area contributed by atoms with Crippen LogP contribution in [-0.4, -0.2) is 21.3 Å². The molecule has 0 spiro atoms. The zero-order chi connectivity index (χ0) is 17.8. The summed E-state index contributed by atoms with van der Waals surface area (Å²) in [5.74, 6) is 1.70. The van der Waals surface area contributed by atoms with Crippen molar-refractivity contribution in [2.24, 2.45) is 10.7 Å². The van der Waals surface area contributed by atoms with E-state index in [9.17, 15) is 4.39 Å². The fourth-order valence-corrected chi connectivity index (χ4v) is 5.28. The monoisotopic (exact) mass is 375 g/mol. The molecule has 1 atom stereocenters. The normalized spacial score (nSPS) is 25.7. The highest BCUT2D eigenvalue weighted by molar-refractivity contribution is 8.01. The Kier molecular flexibility index (Phi) is 3.96. The molecule has 0 bridgehead atoms. The molecule has 0 amide bonds. The van der Waals surface area contributed by atoms with E-state index in [-0.39, 0.29) is 10.6 Å². The summed E-state index contributed by atoms with van der Waals surface area (Å²) in [6.45, 7) is 6.09. The smallest absolute Gasteiger partial charge is 0.140 e. The Bertz CT molecular complexity index is 854. The van der Waals surface area contributed by atoms with Gasteiger partial charge in [0.1, 0.15) is 17.2 Å². The van der Waals surface area contributed by atoms with Crippen molar-refractivity contribution in [2.45, 2.75) is 49.8 Å². The quantitative estimate of drug-likeness (QED) is 0.828. The Morgan fingerprint density at radius 2 is 2.00 bits per heavy atom. The van der Waals surface area contributed by atoms with Gasteiger partial charge in [-0.15, -0.1) is 23.1 Å². The molecule has 1 aliphatic carbocycles. The molecular formula is C19H22FN3S2. The lowest BCUT2D eigenvalue weighted by atomic mass is 10.0. The summed E-state index contributed by atoms with van der Waals surface area (Å²) in [7, 11) is 0. The Hall–Kier alpha value is -1.40. The lowest BCUT2D eigenvalue weighted by Crippen LogP contribution is -2.44. The van der Waals surface area contributed by atoms with E-state index in [2.05, 4.69) is 24.9 Å². The number of hydrogen-bond acceptors (Lipinski definition) is 5. The van der Waals surface area contributed by atoms with E-state index in [1.54, 1.807) is 17.8 Å². The maximum Gasteiger partial charge on any atom is 0.140 e. The Balaban J connectivity index is 1.71. The van der Waals surface area contributed by atoms with Gasteiger partial charge in [0.2, 0.25) is 0 Å². The van der Waals surface area contributed by atoms with Crippen LogP contribution in [0, 0.1) is 5.82 Å². The van der Waals surface area contributed by atoms with Gasteiger partial charge in [-0.25, -0.2) is 4.39 Å². The highest BCUT2D eigenvalue weighted by atomic mass is 32.2. The molecule has 4 rings (SSSR count). The second-order valence-corrected chi connectivity index (χ2v) is 10.3. The lowest BCUT2D eigenvalue weighted by Gasteiger charge is -2.36. The first kappa shape index (κ1) is 17.0. The first-order chi connectivity index (χ1) is 11.8. The number of amidine groups is 1. The van der Waals surface area contributed by atoms with Gasteiger partial charge in [-0.05, 0) is 57.4 Å². The zero-order valence-corrected chi connectivity index (χ0v) is 16.3. The van der Waals surface area contributed by atoms with Gasteiger partial charge in [0.05, 0.1) is 9.62 Å². The van der Waals surface area contributed by atoms with Crippen molar-refractivity contribution >= 4 is 28.9 Å². The average Bonchev–Trinajstić information content (AvgIpc) is 3.34. The number of thioether (sulfide) groups is 1. The van der Waals surface area contributed by atoms with E-state index in [1.807, 2.05) is 19.2 Å². The number of aliphatic imine (C=N–C) groups is 1. The number of thiophene rings is 1. The minimum atomic E-state index is -0.608. The number of rotatable bonds is 3. The zero-order valence-electron chi connectivity index (χ0n) is 14.7. The molecular weight excluding hydrogens is 353 g/mol. The molecule has 2 aromatic rings. The van der Waals surface area contributed by atoms with Gasteiger partial charge in [-0.1, -0.05) is 0 Å². The van der Waals surface area contributed by atoms with Crippen LogP contribution in [0.2, 0.25) is 0 Å². The molecule has 2 aromatic heterocycles. The lowest BCUT2D eigenvalue weighted by molar-refractivity contribution is 0.517. The summed E-state index contributed by atoms with van der Waals surface area (Å²) < 4.78 is 14.6. The predicted molar refractivity (Wildman–Crippen MR) is 105 cm³/mol. The summed E-state index contributed by atoms with van der Waals surface area (Å²) >= 11 is 3.22. The van der Waals surface area contributed by atoms with Crippen molar-refractivity contribution in [3.63, 3.8) is 0 Å². The summed E-state index contributed by atoms with van der Waals surface area (Å²) in [5.41, 5.74) is 7.71. The van der Waals surface area contributed by atoms with Crippen LogP contribution in [0.4, 0.5) is 4.39 Å². The van der Waals surface area contributed by atoms with Crippen LogP contribution in [0.5, 0.6) is 0 Å². The van der Waals surface area contributed by atoms with Crippen molar-refractivity contribution < 1.29 is 4.39 Å². The van der Waals surface area contributed by atoms with Crippen LogP contribution in [0.25, 0.3) is 10.4 Å². The molecule has 3 heterocycles. The summed E-state index contributed by atoms with van der Waals surface area (Å²) in [5, 5.41) is 0. The minimum Gasteiger partial charge on any atom is -0.386 e. The maximum atomic E-state index is 14.8. The number of pyridine rings is 1. The molecule has 2 aliphatic rings. The number of nitrogens with two attached hydrogens (primary N) is 1. The Labute approximate surface area is 156 Å². The van der Waals surface area contributed by atoms with E-state index in [4.69, 9.17) is 10.7 Å². The molecule has 0 saturated heterocycles. The van der Waals surface area contributed by atoms with Crippen LogP contribution >= 0.6 is 23.1 Å². The van der Waals surface area contributed by atoms with Crippen molar-refractivity contribution in [1.82, 2.24) is 4.98 Å². The third-order valence-corrected chi connectivity index (χ3v) is 7.98. The minimum absolute atomic E-state index is 0.191. The van der Waals surface area contributed by atoms with E-state index in [0.29, 0.717) is 16.6 Å². The number of hydrogen-bond donors (Lipinski definition) is 1. The summed E-state index contributed by atoms with van der Waals surface area (Å²) in [6, 6.07) is 5.69. The van der Waals surface area contributed by atoms with Gasteiger partial charge in [-0.3, -0.25) is 9.98 Å². The Morgan fingerprint density at radius 3 is 2.68 bits per heavy atom. The molecule has 132 valence electrons. The van der Waals surface area contributed by atoms with Gasteiger partial charge in [0.15, 0.2) is 0 Å². The topological polar surface area (TPSA) is 51.3 Å². The van der Waals surface area contributed by atoms with Crippen LogP contribution < -0.4 is 5.73 Å². The van der Waals surface area contributed by atoms with E-state index in [1.165, 1.54) is 24.2 Å². The first-order valence-corrected chi connectivity index (χ1v) is 10.3. The molecule has 0 aromatic carbocycles. The SMILES string of the molecule is CC1(C)SC[C@@](C)(c2sc(-c3ccnc(C4CC4)c3)cc2F)N=C1N. The van der Waals surface area contributed by atoms with Crippen molar-refractivity contribution in [3.05, 3.63) is 40.8 Å². The van der Waals surface area contributed by atoms with Crippen LogP contribution in [0.15, 0.2) is 29.4 Å². The third kappa shape index (κ3) is 3.10. The van der Waals surface area contributed by atoms with Crippen molar-refractivity contribution in [2.75, 3.05) is 5.75 Å². The van der Waals surface area contributed by atoms with Gasteiger partial charge in [0.25, 0.3) is 0 Å². The van der Waals surface area contributed by atoms with E-state index in [0.717, 1.165) is 21.9 Å². The molecule has 2 N–H and O–H groups in total. The highest BCUT2D eigenvalue weighted by Crippen LogP contribution is 2.46. The fourth-order valence-electron chi connectivity index (χ4n) is 3.03. The number of nitrogens with zero attached hydrogens (tertiary/aromatic N) is 2. The van der Waals surface area contributed by atoms with E-state index >= 15 is 0 Å². The average molecular weight is 376 g/mol. The largest absolute Gasteiger partial charge is 0.386 e. The second kappa shape index (κ2) is 5.81. The number of halogens is 1. The molecule has 25 heavy (non-hydrogen) atoms. The van der Waals surface area contributed by atoms with Crippen molar-refractivity contribution in [3.8, 4) is 10.4 Å². The highest BCUT2D eigenvalue weighted by Gasteiger charge is 2.40. The molecule has 1 fully saturated rings. The van der Waals surface area contributed by atoms with Gasteiger partial charge >= 0.3 is 0 Å². The van der Waals surface area contributed by atoms with Crippen molar-refractivity contribution in [1.29, 1.82) is 0 Å². The fraction of sp³-hybridized carbons (Fsp3) is 0.474.